The monoisotopic (exact) mass is 244 g/mol. The van der Waals surface area contributed by atoms with Crippen molar-refractivity contribution in [2.75, 3.05) is 11.4 Å². The minimum atomic E-state index is -0.369. The Kier molecular flexibility index (Phi) is 2.67. The summed E-state index contributed by atoms with van der Waals surface area (Å²) in [5.41, 5.74) is 2.02. The predicted octanol–water partition coefficient (Wildman–Crippen LogP) is 2.11. The molecule has 1 aromatic rings. The molecule has 18 heavy (non-hydrogen) atoms. The van der Waals surface area contributed by atoms with Crippen LogP contribution in [0.5, 0.6) is 0 Å². The van der Waals surface area contributed by atoms with Crippen LogP contribution in [0.3, 0.4) is 0 Å². The van der Waals surface area contributed by atoms with Crippen LogP contribution in [0.25, 0.3) is 0 Å². The highest BCUT2D eigenvalue weighted by atomic mass is 16.2. The Balaban J connectivity index is 1.95. The Morgan fingerprint density at radius 3 is 2.94 bits per heavy atom. The van der Waals surface area contributed by atoms with Gasteiger partial charge in [0.15, 0.2) is 0 Å². The highest BCUT2D eigenvalue weighted by Gasteiger charge is 2.43. The Labute approximate surface area is 108 Å². The first-order chi connectivity index (χ1) is 8.62. The third-order valence-corrected chi connectivity index (χ3v) is 4.27. The molecule has 3 nitrogen and oxygen atoms in total. The Morgan fingerprint density at radius 2 is 2.22 bits per heavy atom. The van der Waals surface area contributed by atoms with Crippen LogP contribution in [-0.4, -0.2) is 24.0 Å². The summed E-state index contributed by atoms with van der Waals surface area (Å²) in [6, 6.07) is 8.53. The first-order valence-corrected chi connectivity index (χ1v) is 6.78. The molecule has 3 rings (SSSR count). The number of amides is 1. The van der Waals surface area contributed by atoms with E-state index >= 15 is 0 Å². The number of hydrogen-bond acceptors (Lipinski definition) is 2. The molecular formula is C15H20N2O. The van der Waals surface area contributed by atoms with Crippen molar-refractivity contribution in [1.29, 1.82) is 0 Å². The number of nitrogens with zero attached hydrogens (tertiary/aromatic N) is 1. The van der Waals surface area contributed by atoms with E-state index in [-0.39, 0.29) is 17.5 Å². The molecule has 1 aromatic carbocycles. The van der Waals surface area contributed by atoms with Crippen LogP contribution in [0.15, 0.2) is 24.3 Å². The van der Waals surface area contributed by atoms with Gasteiger partial charge in [0.05, 0.1) is 5.54 Å². The zero-order chi connectivity index (χ0) is 12.8. The van der Waals surface area contributed by atoms with E-state index in [0.29, 0.717) is 0 Å². The number of carbonyl (C=O) groups is 1. The van der Waals surface area contributed by atoms with Gasteiger partial charge in [-0.3, -0.25) is 4.79 Å². The van der Waals surface area contributed by atoms with E-state index in [1.54, 1.807) is 0 Å². The first kappa shape index (κ1) is 11.7. The summed E-state index contributed by atoms with van der Waals surface area (Å²) in [6.45, 7) is 5.12. The lowest BCUT2D eigenvalue weighted by atomic mass is 9.98. The van der Waals surface area contributed by atoms with Crippen LogP contribution in [0, 0.1) is 0 Å². The molecule has 1 amide bonds. The normalized spacial score (nSPS) is 30.6. The Morgan fingerprint density at radius 1 is 1.44 bits per heavy atom. The highest BCUT2D eigenvalue weighted by Crippen LogP contribution is 2.35. The second-order valence-electron chi connectivity index (χ2n) is 5.72. The lowest BCUT2D eigenvalue weighted by Crippen LogP contribution is -2.54. The zero-order valence-corrected chi connectivity index (χ0v) is 11.1. The molecule has 96 valence electrons. The van der Waals surface area contributed by atoms with Crippen LogP contribution in [0.2, 0.25) is 0 Å². The van der Waals surface area contributed by atoms with E-state index in [4.69, 9.17) is 0 Å². The predicted molar refractivity (Wildman–Crippen MR) is 72.7 cm³/mol. The van der Waals surface area contributed by atoms with Gasteiger partial charge in [-0.2, -0.15) is 0 Å². The number of nitrogens with one attached hydrogen (secondary N) is 1. The van der Waals surface area contributed by atoms with Crippen molar-refractivity contribution in [2.24, 2.45) is 0 Å². The summed E-state index contributed by atoms with van der Waals surface area (Å²) in [6.07, 6.45) is 3.00. The molecule has 3 heteroatoms. The largest absolute Gasteiger partial charge is 0.307 e. The molecule has 2 unspecified atom stereocenters. The summed E-state index contributed by atoms with van der Waals surface area (Å²) >= 11 is 0. The molecule has 1 N–H and O–H groups in total. The molecule has 0 radical (unpaired) electrons. The molecule has 2 atom stereocenters. The number of rotatable bonds is 1. The summed E-state index contributed by atoms with van der Waals surface area (Å²) in [5, 5.41) is 3.37. The van der Waals surface area contributed by atoms with Gasteiger partial charge in [0.1, 0.15) is 0 Å². The molecule has 0 aromatic heterocycles. The smallest absolute Gasteiger partial charge is 0.247 e. The maximum atomic E-state index is 12.8. The number of anilines is 1. The number of hydrogen-bond donors (Lipinski definition) is 1. The van der Waals surface area contributed by atoms with Crippen LogP contribution in [0.4, 0.5) is 5.69 Å². The molecule has 0 saturated carbocycles. The maximum absolute atomic E-state index is 12.8. The van der Waals surface area contributed by atoms with E-state index in [2.05, 4.69) is 30.4 Å². The minimum absolute atomic E-state index is 0.234. The third kappa shape index (κ3) is 1.65. The van der Waals surface area contributed by atoms with Crippen LogP contribution in [0.1, 0.15) is 32.3 Å². The number of fused-ring (bicyclic) bond motifs is 1. The van der Waals surface area contributed by atoms with Crippen LogP contribution < -0.4 is 10.2 Å². The third-order valence-electron chi connectivity index (χ3n) is 4.27. The van der Waals surface area contributed by atoms with E-state index in [0.717, 1.165) is 31.5 Å². The van der Waals surface area contributed by atoms with Crippen molar-refractivity contribution in [2.45, 2.75) is 44.7 Å². The van der Waals surface area contributed by atoms with Gasteiger partial charge in [-0.05, 0) is 51.3 Å². The molecule has 0 spiro atoms. The summed E-state index contributed by atoms with van der Waals surface area (Å²) < 4.78 is 0. The molecule has 2 aliphatic rings. The molecule has 2 aliphatic heterocycles. The average Bonchev–Trinajstić information content (AvgIpc) is 2.92. The van der Waals surface area contributed by atoms with Crippen molar-refractivity contribution in [1.82, 2.24) is 5.32 Å². The summed E-state index contributed by atoms with van der Waals surface area (Å²) in [5.74, 6) is 0.234. The quantitative estimate of drug-likeness (QED) is 0.820. The average molecular weight is 244 g/mol. The SMILES string of the molecule is CC1Cc2ccccc2N1C(=O)C1(C)CCCN1. The van der Waals surface area contributed by atoms with Gasteiger partial charge in [-0.15, -0.1) is 0 Å². The Bertz CT molecular complexity index is 477. The van der Waals surface area contributed by atoms with Crippen LogP contribution >= 0.6 is 0 Å². The van der Waals surface area contributed by atoms with Crippen molar-refractivity contribution >= 4 is 11.6 Å². The molecule has 1 fully saturated rings. The van der Waals surface area contributed by atoms with Crippen molar-refractivity contribution in [3.63, 3.8) is 0 Å². The standard InChI is InChI=1S/C15H20N2O/c1-11-10-12-6-3-4-7-13(12)17(11)14(18)15(2)8-5-9-16-15/h3-4,6-7,11,16H,5,8-10H2,1-2H3. The van der Waals surface area contributed by atoms with Gasteiger partial charge in [0.2, 0.25) is 5.91 Å². The lowest BCUT2D eigenvalue weighted by molar-refractivity contribution is -0.124. The summed E-state index contributed by atoms with van der Waals surface area (Å²) in [7, 11) is 0. The highest BCUT2D eigenvalue weighted by molar-refractivity contribution is 6.02. The molecule has 2 heterocycles. The Hall–Kier alpha value is -1.35. The van der Waals surface area contributed by atoms with E-state index < -0.39 is 0 Å². The minimum Gasteiger partial charge on any atom is -0.307 e. The van der Waals surface area contributed by atoms with Gasteiger partial charge in [-0.1, -0.05) is 18.2 Å². The topological polar surface area (TPSA) is 32.3 Å². The summed E-state index contributed by atoms with van der Waals surface area (Å²) in [4.78, 5) is 14.8. The van der Waals surface area contributed by atoms with Crippen molar-refractivity contribution in [3.05, 3.63) is 29.8 Å². The van der Waals surface area contributed by atoms with Crippen LogP contribution in [-0.2, 0) is 11.2 Å². The first-order valence-electron chi connectivity index (χ1n) is 6.78. The molecule has 0 aliphatic carbocycles. The number of para-hydroxylation sites is 1. The van der Waals surface area contributed by atoms with Crippen molar-refractivity contribution in [3.8, 4) is 0 Å². The van der Waals surface area contributed by atoms with E-state index in [1.807, 2.05) is 17.9 Å². The van der Waals surface area contributed by atoms with Gasteiger partial charge in [0.25, 0.3) is 0 Å². The van der Waals surface area contributed by atoms with Gasteiger partial charge in [-0.25, -0.2) is 0 Å². The van der Waals surface area contributed by atoms with E-state index in [9.17, 15) is 4.79 Å². The maximum Gasteiger partial charge on any atom is 0.247 e. The van der Waals surface area contributed by atoms with Gasteiger partial charge >= 0.3 is 0 Å². The second-order valence-corrected chi connectivity index (χ2v) is 5.72. The van der Waals surface area contributed by atoms with E-state index in [1.165, 1.54) is 5.56 Å². The van der Waals surface area contributed by atoms with Gasteiger partial charge in [0, 0.05) is 11.7 Å². The molecule has 1 saturated heterocycles. The fourth-order valence-corrected chi connectivity index (χ4v) is 3.22. The lowest BCUT2D eigenvalue weighted by Gasteiger charge is -2.32. The van der Waals surface area contributed by atoms with Crippen molar-refractivity contribution < 1.29 is 4.79 Å². The van der Waals surface area contributed by atoms with Gasteiger partial charge < -0.3 is 10.2 Å². The zero-order valence-electron chi connectivity index (χ0n) is 11.1. The second kappa shape index (κ2) is 4.09. The number of carbonyl (C=O) groups excluding carboxylic acids is 1. The fourth-order valence-electron chi connectivity index (χ4n) is 3.22. The number of benzene rings is 1. The molecule has 0 bridgehead atoms. The molecular weight excluding hydrogens is 224 g/mol. The fraction of sp³-hybridized carbons (Fsp3) is 0.533.